The van der Waals surface area contributed by atoms with E-state index in [0.717, 1.165) is 5.57 Å². The fourth-order valence-corrected chi connectivity index (χ4v) is 7.57. The molecule has 0 aromatic rings. The Labute approximate surface area is 193 Å². The molecule has 0 aliphatic heterocycles. The molecule has 8 atom stereocenters. The normalized spacial score (nSPS) is 43.6. The first-order chi connectivity index (χ1) is 15.4. The Kier molecular flexibility index (Phi) is 5.69. The third-order valence-corrected chi connectivity index (χ3v) is 9.07. The van der Waals surface area contributed by atoms with Crippen LogP contribution < -0.4 is 0 Å². The highest BCUT2D eigenvalue weighted by Gasteiger charge is 2.73. The van der Waals surface area contributed by atoms with Gasteiger partial charge in [-0.2, -0.15) is 0 Å². The van der Waals surface area contributed by atoms with Crippen LogP contribution in [0.15, 0.2) is 23.8 Å². The highest BCUT2D eigenvalue weighted by atomic mass is 16.5. The lowest BCUT2D eigenvalue weighted by Gasteiger charge is -2.59. The van der Waals surface area contributed by atoms with Crippen LogP contribution in [0, 0.1) is 34.5 Å². The molecule has 0 aromatic carbocycles. The Morgan fingerprint density at radius 2 is 1.94 bits per heavy atom. The van der Waals surface area contributed by atoms with Gasteiger partial charge in [0.1, 0.15) is 5.60 Å². The number of aliphatic hydroxyl groups excluding tert-OH is 1. The molecule has 2 N–H and O–H groups in total. The van der Waals surface area contributed by atoms with Gasteiger partial charge in [0.2, 0.25) is 5.78 Å². The molecule has 0 bridgehead atoms. The molecule has 180 valence electrons. The summed E-state index contributed by atoms with van der Waals surface area (Å²) in [6.45, 7) is 4.29. The standard InChI is InChI=1S/C25H32O8/c1-13(26)33-12-20(29)25(31)18(22(30)32-4)10-17-16-6-5-14-9-15(27)7-8-23(14,2)21(16)19(28)11-24(17,25)3/h7-9,16-19,21,28,31H,5-6,10-12H2,1-4H3/t16-,17-,18-,19-,21+,23-,24-,25-/m0/s1. The van der Waals surface area contributed by atoms with E-state index in [9.17, 15) is 29.4 Å². The number of Topliss-reactive ketones (excluding diaryl/α,β-unsaturated/α-hetero) is 1. The summed E-state index contributed by atoms with van der Waals surface area (Å²) < 4.78 is 9.84. The maximum atomic E-state index is 13.3. The zero-order chi connectivity index (χ0) is 24.3. The van der Waals surface area contributed by atoms with Crippen LogP contribution in [0.25, 0.3) is 0 Å². The zero-order valence-corrected chi connectivity index (χ0v) is 19.5. The van der Waals surface area contributed by atoms with Gasteiger partial charge in [-0.1, -0.05) is 25.5 Å². The van der Waals surface area contributed by atoms with Crippen LogP contribution >= 0.6 is 0 Å². The minimum atomic E-state index is -2.14. The van der Waals surface area contributed by atoms with Crippen molar-refractivity contribution < 1.29 is 38.9 Å². The number of carbonyl (C=O) groups is 4. The number of fused-ring (bicyclic) bond motifs is 5. The van der Waals surface area contributed by atoms with Gasteiger partial charge in [-0.05, 0) is 49.7 Å². The number of aliphatic hydroxyl groups is 2. The fourth-order valence-electron chi connectivity index (χ4n) is 7.57. The second-order valence-electron chi connectivity index (χ2n) is 10.5. The maximum absolute atomic E-state index is 13.3. The van der Waals surface area contributed by atoms with Gasteiger partial charge in [0.15, 0.2) is 12.4 Å². The molecule has 0 heterocycles. The summed E-state index contributed by atoms with van der Waals surface area (Å²) in [5.41, 5.74) is -2.78. The number of ketones is 2. The van der Waals surface area contributed by atoms with Gasteiger partial charge in [-0.25, -0.2) is 0 Å². The average molecular weight is 461 g/mol. The molecule has 0 amide bonds. The highest BCUT2D eigenvalue weighted by molar-refractivity contribution is 6.01. The summed E-state index contributed by atoms with van der Waals surface area (Å²) in [7, 11) is 1.21. The highest BCUT2D eigenvalue weighted by Crippen LogP contribution is 2.68. The molecular formula is C25H32O8. The van der Waals surface area contributed by atoms with Gasteiger partial charge in [0.05, 0.1) is 19.1 Å². The van der Waals surface area contributed by atoms with Gasteiger partial charge in [-0.3, -0.25) is 19.2 Å². The predicted octanol–water partition coefficient (Wildman–Crippen LogP) is 1.53. The Morgan fingerprint density at radius 1 is 1.24 bits per heavy atom. The molecule has 33 heavy (non-hydrogen) atoms. The van der Waals surface area contributed by atoms with Crippen molar-refractivity contribution in [3.63, 3.8) is 0 Å². The molecular weight excluding hydrogens is 428 g/mol. The largest absolute Gasteiger partial charge is 0.469 e. The third kappa shape index (κ3) is 3.25. The first-order valence-electron chi connectivity index (χ1n) is 11.5. The molecule has 0 saturated heterocycles. The SMILES string of the molecule is COC(=O)[C@@H]1C[C@H]2[C@@H]3CCC4=CC(=O)C=C[C@]4(C)[C@H]3[C@@H](O)C[C@]2(C)[C@@]1(O)C(=O)COC(C)=O. The number of carbonyl (C=O) groups excluding carboxylic acids is 4. The number of methoxy groups -OCH3 is 1. The molecule has 8 heteroatoms. The van der Waals surface area contributed by atoms with Gasteiger partial charge in [0, 0.05) is 23.7 Å². The van der Waals surface area contributed by atoms with Crippen molar-refractivity contribution in [2.45, 2.75) is 58.2 Å². The van der Waals surface area contributed by atoms with Crippen molar-refractivity contribution in [2.24, 2.45) is 34.5 Å². The van der Waals surface area contributed by atoms with Crippen molar-refractivity contribution in [3.05, 3.63) is 23.8 Å². The van der Waals surface area contributed by atoms with Crippen LogP contribution in [-0.4, -0.2) is 59.1 Å². The van der Waals surface area contributed by atoms with E-state index in [1.165, 1.54) is 20.1 Å². The number of ether oxygens (including phenoxy) is 2. The van der Waals surface area contributed by atoms with E-state index >= 15 is 0 Å². The number of esters is 2. The summed E-state index contributed by atoms with van der Waals surface area (Å²) in [5.74, 6) is -3.84. The molecule has 0 spiro atoms. The van der Waals surface area contributed by atoms with Crippen LogP contribution in [0.5, 0.6) is 0 Å². The lowest BCUT2D eigenvalue weighted by Crippen LogP contribution is -2.63. The summed E-state index contributed by atoms with van der Waals surface area (Å²) >= 11 is 0. The zero-order valence-electron chi connectivity index (χ0n) is 19.5. The Balaban J connectivity index is 1.77. The molecule has 3 fully saturated rings. The lowest BCUT2D eigenvalue weighted by molar-refractivity contribution is -0.191. The molecule has 4 aliphatic rings. The van der Waals surface area contributed by atoms with Crippen LogP contribution in [0.4, 0.5) is 0 Å². The second kappa shape index (κ2) is 7.87. The first kappa shape index (κ1) is 23.8. The van der Waals surface area contributed by atoms with E-state index < -0.39 is 52.8 Å². The maximum Gasteiger partial charge on any atom is 0.312 e. The van der Waals surface area contributed by atoms with Crippen LogP contribution in [-0.2, 0) is 28.7 Å². The molecule has 8 nitrogen and oxygen atoms in total. The molecule has 4 aliphatic carbocycles. The Bertz CT molecular complexity index is 965. The van der Waals surface area contributed by atoms with Crippen molar-refractivity contribution in [1.29, 1.82) is 0 Å². The predicted molar refractivity (Wildman–Crippen MR) is 115 cm³/mol. The van der Waals surface area contributed by atoms with Crippen molar-refractivity contribution in [2.75, 3.05) is 13.7 Å². The van der Waals surface area contributed by atoms with E-state index in [2.05, 4.69) is 0 Å². The van der Waals surface area contributed by atoms with E-state index in [1.807, 2.05) is 13.0 Å². The summed E-state index contributed by atoms with van der Waals surface area (Å²) in [4.78, 5) is 49.3. The lowest BCUT2D eigenvalue weighted by atomic mass is 9.46. The number of hydrogen-bond donors (Lipinski definition) is 2. The van der Waals surface area contributed by atoms with E-state index in [4.69, 9.17) is 9.47 Å². The first-order valence-corrected chi connectivity index (χ1v) is 11.5. The van der Waals surface area contributed by atoms with Crippen LogP contribution in [0.3, 0.4) is 0 Å². The number of hydrogen-bond acceptors (Lipinski definition) is 8. The van der Waals surface area contributed by atoms with E-state index in [-0.39, 0.29) is 36.4 Å². The Hall–Kier alpha value is -2.32. The van der Waals surface area contributed by atoms with Crippen molar-refractivity contribution in [3.8, 4) is 0 Å². The molecule has 0 radical (unpaired) electrons. The van der Waals surface area contributed by atoms with Gasteiger partial charge < -0.3 is 19.7 Å². The second-order valence-corrected chi connectivity index (χ2v) is 10.5. The Morgan fingerprint density at radius 3 is 2.58 bits per heavy atom. The fraction of sp³-hybridized carbons (Fsp3) is 0.680. The van der Waals surface area contributed by atoms with Crippen molar-refractivity contribution >= 4 is 23.5 Å². The average Bonchev–Trinajstić information content (AvgIpc) is 2.99. The molecule has 0 aromatic heterocycles. The minimum Gasteiger partial charge on any atom is -0.469 e. The molecule has 4 rings (SSSR count). The van der Waals surface area contributed by atoms with E-state index in [0.29, 0.717) is 12.8 Å². The number of rotatable bonds is 4. The van der Waals surface area contributed by atoms with Gasteiger partial charge in [-0.15, -0.1) is 0 Å². The summed E-state index contributed by atoms with van der Waals surface area (Å²) in [6.07, 6.45) is 5.86. The van der Waals surface area contributed by atoms with Gasteiger partial charge in [0.25, 0.3) is 0 Å². The minimum absolute atomic E-state index is 0.0619. The van der Waals surface area contributed by atoms with Crippen molar-refractivity contribution in [1.82, 2.24) is 0 Å². The number of allylic oxidation sites excluding steroid dienone is 4. The monoisotopic (exact) mass is 460 g/mol. The van der Waals surface area contributed by atoms with Gasteiger partial charge >= 0.3 is 11.9 Å². The molecule has 3 saturated carbocycles. The third-order valence-electron chi connectivity index (χ3n) is 9.07. The van der Waals surface area contributed by atoms with Crippen LogP contribution in [0.1, 0.15) is 46.5 Å². The smallest absolute Gasteiger partial charge is 0.312 e. The summed E-state index contributed by atoms with van der Waals surface area (Å²) in [5, 5.41) is 23.3. The quantitative estimate of drug-likeness (QED) is 0.605. The van der Waals surface area contributed by atoms with Crippen LogP contribution in [0.2, 0.25) is 0 Å². The summed E-state index contributed by atoms with van der Waals surface area (Å²) in [6, 6.07) is 0. The van der Waals surface area contributed by atoms with E-state index in [1.54, 1.807) is 13.0 Å². The molecule has 0 unspecified atom stereocenters. The topological polar surface area (TPSA) is 127 Å².